The van der Waals surface area contributed by atoms with Gasteiger partial charge in [-0.1, -0.05) is 19.1 Å². The summed E-state index contributed by atoms with van der Waals surface area (Å²) in [5, 5.41) is 0. The van der Waals surface area contributed by atoms with Crippen LogP contribution in [0.15, 0.2) is 12.2 Å². The van der Waals surface area contributed by atoms with Crippen LogP contribution in [-0.2, 0) is 9.53 Å². The standard InChI is InChI=1S/C12H18O2/c1-2-3-4-5-10-9-6-7-11(10)14-12(13)8-9/h3-4,9-11H,2,5-8H2,1H3. The fourth-order valence-corrected chi connectivity index (χ4v) is 2.71. The second kappa shape index (κ2) is 4.16. The smallest absolute Gasteiger partial charge is 0.306 e. The van der Waals surface area contributed by atoms with Gasteiger partial charge in [0.2, 0.25) is 0 Å². The summed E-state index contributed by atoms with van der Waals surface area (Å²) in [5.74, 6) is 1.23. The molecule has 2 heteroatoms. The monoisotopic (exact) mass is 194 g/mol. The highest BCUT2D eigenvalue weighted by molar-refractivity contribution is 5.71. The van der Waals surface area contributed by atoms with Gasteiger partial charge in [-0.05, 0) is 31.6 Å². The molecule has 0 aromatic heterocycles. The summed E-state index contributed by atoms with van der Waals surface area (Å²) >= 11 is 0. The lowest BCUT2D eigenvalue weighted by Gasteiger charge is -2.28. The molecule has 1 aliphatic heterocycles. The number of hydrogen-bond acceptors (Lipinski definition) is 2. The van der Waals surface area contributed by atoms with Crippen molar-refractivity contribution in [1.82, 2.24) is 0 Å². The van der Waals surface area contributed by atoms with Crippen LogP contribution < -0.4 is 0 Å². The third kappa shape index (κ3) is 1.84. The molecule has 2 bridgehead atoms. The Labute approximate surface area is 85.3 Å². The van der Waals surface area contributed by atoms with Crippen molar-refractivity contribution in [1.29, 1.82) is 0 Å². The summed E-state index contributed by atoms with van der Waals surface area (Å²) in [6.07, 6.45) is 9.79. The van der Waals surface area contributed by atoms with Gasteiger partial charge in [0.25, 0.3) is 0 Å². The van der Waals surface area contributed by atoms with Gasteiger partial charge in [0.05, 0.1) is 0 Å². The number of ether oxygens (including phenoxy) is 1. The molecule has 3 atom stereocenters. The molecule has 2 nitrogen and oxygen atoms in total. The molecule has 0 radical (unpaired) electrons. The largest absolute Gasteiger partial charge is 0.462 e. The summed E-state index contributed by atoms with van der Waals surface area (Å²) in [6.45, 7) is 2.14. The fourth-order valence-electron chi connectivity index (χ4n) is 2.71. The molecular weight excluding hydrogens is 176 g/mol. The van der Waals surface area contributed by atoms with E-state index in [4.69, 9.17) is 4.74 Å². The fraction of sp³-hybridized carbons (Fsp3) is 0.750. The van der Waals surface area contributed by atoms with E-state index in [1.807, 2.05) is 0 Å². The molecule has 0 spiro atoms. The first kappa shape index (κ1) is 9.75. The first-order chi connectivity index (χ1) is 6.81. The van der Waals surface area contributed by atoms with Gasteiger partial charge in [0.1, 0.15) is 6.10 Å². The van der Waals surface area contributed by atoms with Crippen LogP contribution in [0.2, 0.25) is 0 Å². The van der Waals surface area contributed by atoms with E-state index in [9.17, 15) is 4.79 Å². The Morgan fingerprint density at radius 2 is 2.29 bits per heavy atom. The van der Waals surface area contributed by atoms with Crippen LogP contribution in [0, 0.1) is 11.8 Å². The highest BCUT2D eigenvalue weighted by atomic mass is 16.5. The number of fused-ring (bicyclic) bond motifs is 2. The molecule has 2 rings (SSSR count). The van der Waals surface area contributed by atoms with Crippen LogP contribution in [0.25, 0.3) is 0 Å². The quantitative estimate of drug-likeness (QED) is 0.510. The Hall–Kier alpha value is -0.790. The Balaban J connectivity index is 1.94. The summed E-state index contributed by atoms with van der Waals surface area (Å²) < 4.78 is 5.35. The van der Waals surface area contributed by atoms with Gasteiger partial charge >= 0.3 is 5.97 Å². The lowest BCUT2D eigenvalue weighted by atomic mass is 9.87. The molecule has 1 saturated carbocycles. The zero-order valence-electron chi connectivity index (χ0n) is 8.74. The molecular formula is C12H18O2. The number of hydrogen-bond donors (Lipinski definition) is 0. The number of rotatable bonds is 3. The second-order valence-corrected chi connectivity index (χ2v) is 4.35. The average Bonchev–Trinajstić information content (AvgIpc) is 2.42. The molecule has 1 saturated heterocycles. The van der Waals surface area contributed by atoms with Gasteiger partial charge in [-0.3, -0.25) is 4.79 Å². The van der Waals surface area contributed by atoms with Crippen molar-refractivity contribution in [2.75, 3.05) is 0 Å². The van der Waals surface area contributed by atoms with Crippen LogP contribution in [0.5, 0.6) is 0 Å². The Kier molecular flexibility index (Phi) is 2.90. The summed E-state index contributed by atoms with van der Waals surface area (Å²) in [6, 6.07) is 0. The first-order valence-corrected chi connectivity index (χ1v) is 5.65. The number of esters is 1. The maximum atomic E-state index is 11.2. The lowest BCUT2D eigenvalue weighted by molar-refractivity contribution is -0.157. The van der Waals surface area contributed by atoms with E-state index in [2.05, 4.69) is 19.1 Å². The van der Waals surface area contributed by atoms with Gasteiger partial charge in [0, 0.05) is 12.3 Å². The van der Waals surface area contributed by atoms with Crippen LogP contribution in [-0.4, -0.2) is 12.1 Å². The van der Waals surface area contributed by atoms with E-state index in [-0.39, 0.29) is 12.1 Å². The maximum Gasteiger partial charge on any atom is 0.306 e. The number of allylic oxidation sites excluding steroid dienone is 2. The highest BCUT2D eigenvalue weighted by Crippen LogP contribution is 2.42. The van der Waals surface area contributed by atoms with Crippen molar-refractivity contribution in [3.63, 3.8) is 0 Å². The van der Waals surface area contributed by atoms with Crippen LogP contribution in [0.3, 0.4) is 0 Å². The maximum absolute atomic E-state index is 11.2. The minimum atomic E-state index is 0.0215. The van der Waals surface area contributed by atoms with Crippen molar-refractivity contribution >= 4 is 5.97 Å². The van der Waals surface area contributed by atoms with E-state index < -0.39 is 0 Å². The Morgan fingerprint density at radius 1 is 1.43 bits per heavy atom. The molecule has 1 heterocycles. The average molecular weight is 194 g/mol. The molecule has 1 aliphatic carbocycles. The van der Waals surface area contributed by atoms with Gasteiger partial charge in [-0.15, -0.1) is 0 Å². The third-order valence-electron chi connectivity index (χ3n) is 3.43. The highest BCUT2D eigenvalue weighted by Gasteiger charge is 2.42. The minimum absolute atomic E-state index is 0.0215. The lowest BCUT2D eigenvalue weighted by Crippen LogP contribution is -2.31. The molecule has 0 aromatic carbocycles. The Morgan fingerprint density at radius 3 is 3.00 bits per heavy atom. The topological polar surface area (TPSA) is 26.3 Å². The first-order valence-electron chi connectivity index (χ1n) is 5.65. The van der Waals surface area contributed by atoms with Crippen molar-refractivity contribution in [3.05, 3.63) is 12.2 Å². The van der Waals surface area contributed by atoms with Crippen molar-refractivity contribution in [2.24, 2.45) is 11.8 Å². The van der Waals surface area contributed by atoms with Crippen molar-refractivity contribution in [2.45, 2.75) is 45.1 Å². The van der Waals surface area contributed by atoms with E-state index >= 15 is 0 Å². The second-order valence-electron chi connectivity index (χ2n) is 4.35. The summed E-state index contributed by atoms with van der Waals surface area (Å²) in [7, 11) is 0. The van der Waals surface area contributed by atoms with Gasteiger partial charge in [0.15, 0.2) is 0 Å². The van der Waals surface area contributed by atoms with E-state index in [0.717, 1.165) is 19.3 Å². The molecule has 3 unspecified atom stereocenters. The van der Waals surface area contributed by atoms with Gasteiger partial charge in [-0.2, -0.15) is 0 Å². The van der Waals surface area contributed by atoms with Gasteiger partial charge < -0.3 is 4.74 Å². The summed E-state index contributed by atoms with van der Waals surface area (Å²) in [5.41, 5.74) is 0. The van der Waals surface area contributed by atoms with E-state index in [1.54, 1.807) is 0 Å². The summed E-state index contributed by atoms with van der Waals surface area (Å²) in [4.78, 5) is 11.2. The molecule has 14 heavy (non-hydrogen) atoms. The predicted molar refractivity (Wildman–Crippen MR) is 54.8 cm³/mol. The van der Waals surface area contributed by atoms with Crippen LogP contribution in [0.4, 0.5) is 0 Å². The zero-order chi connectivity index (χ0) is 9.97. The minimum Gasteiger partial charge on any atom is -0.462 e. The number of carbonyl (C=O) groups is 1. The van der Waals surface area contributed by atoms with Crippen molar-refractivity contribution < 1.29 is 9.53 Å². The SMILES string of the molecule is CCC=CCC1C2CCC1OC(=O)C2. The normalized spacial score (nSPS) is 36.4. The third-order valence-corrected chi connectivity index (χ3v) is 3.43. The molecule has 2 fully saturated rings. The van der Waals surface area contributed by atoms with Crippen LogP contribution >= 0.6 is 0 Å². The molecule has 2 aliphatic rings. The van der Waals surface area contributed by atoms with Gasteiger partial charge in [-0.25, -0.2) is 0 Å². The molecule has 0 amide bonds. The van der Waals surface area contributed by atoms with E-state index in [0.29, 0.717) is 18.3 Å². The van der Waals surface area contributed by atoms with E-state index in [1.165, 1.54) is 6.42 Å². The molecule has 0 aromatic rings. The Bertz CT molecular complexity index is 229. The zero-order valence-corrected chi connectivity index (χ0v) is 8.74. The van der Waals surface area contributed by atoms with Crippen LogP contribution in [0.1, 0.15) is 39.0 Å². The predicted octanol–water partition coefficient (Wildman–Crippen LogP) is 2.68. The molecule has 78 valence electrons. The van der Waals surface area contributed by atoms with Crippen molar-refractivity contribution in [3.8, 4) is 0 Å². The molecule has 0 N–H and O–H groups in total. The number of carbonyl (C=O) groups excluding carboxylic acids is 1.